The third kappa shape index (κ3) is 11.0. The van der Waals surface area contributed by atoms with Gasteiger partial charge in [-0.25, -0.2) is 0 Å². The van der Waals surface area contributed by atoms with Gasteiger partial charge < -0.3 is 25.2 Å². The number of rotatable bonds is 11. The fourth-order valence-corrected chi connectivity index (χ4v) is 5.30. The van der Waals surface area contributed by atoms with Crippen molar-refractivity contribution in [3.05, 3.63) is 48.0 Å². The fourth-order valence-electron chi connectivity index (χ4n) is 5.30. The zero-order valence-electron chi connectivity index (χ0n) is 22.4. The highest BCUT2D eigenvalue weighted by atomic mass is 16.5. The Bertz CT molecular complexity index is 884. The molecular formula is C30H44N2O6. The van der Waals surface area contributed by atoms with Crippen molar-refractivity contribution < 1.29 is 29.0 Å². The summed E-state index contributed by atoms with van der Waals surface area (Å²) in [4.78, 5) is 39.0. The Hall–Kier alpha value is -2.71. The highest BCUT2D eigenvalue weighted by Crippen LogP contribution is 2.28. The van der Waals surface area contributed by atoms with Crippen LogP contribution in [0, 0.1) is 17.8 Å². The van der Waals surface area contributed by atoms with Crippen LogP contribution in [-0.2, 0) is 30.3 Å². The first kappa shape index (κ1) is 29.8. The van der Waals surface area contributed by atoms with Gasteiger partial charge in [-0.05, 0) is 37.2 Å². The Morgan fingerprint density at radius 3 is 2.50 bits per heavy atom. The van der Waals surface area contributed by atoms with Crippen LogP contribution in [0.25, 0.3) is 0 Å². The number of amides is 2. The first-order chi connectivity index (χ1) is 18.5. The Morgan fingerprint density at radius 2 is 1.76 bits per heavy atom. The molecule has 2 aliphatic rings. The molecule has 3 atom stereocenters. The van der Waals surface area contributed by atoms with Gasteiger partial charge in [0.25, 0.3) is 0 Å². The van der Waals surface area contributed by atoms with E-state index in [1.54, 1.807) is 0 Å². The van der Waals surface area contributed by atoms with Gasteiger partial charge in [-0.1, -0.05) is 74.6 Å². The maximum atomic E-state index is 13.3. The van der Waals surface area contributed by atoms with Gasteiger partial charge in [0.15, 0.2) is 0 Å². The molecule has 3 N–H and O–H groups in total. The van der Waals surface area contributed by atoms with E-state index in [2.05, 4.69) is 10.6 Å². The minimum Gasteiger partial charge on any atom is -0.463 e. The van der Waals surface area contributed by atoms with Crippen LogP contribution in [0.5, 0.6) is 0 Å². The van der Waals surface area contributed by atoms with Crippen LogP contribution in [0.2, 0.25) is 0 Å². The molecule has 210 valence electrons. The average molecular weight is 529 g/mol. The van der Waals surface area contributed by atoms with E-state index in [1.807, 2.05) is 42.5 Å². The summed E-state index contributed by atoms with van der Waals surface area (Å²) in [6.45, 7) is 0.943. The van der Waals surface area contributed by atoms with Crippen molar-refractivity contribution in [2.75, 3.05) is 33.0 Å². The van der Waals surface area contributed by atoms with E-state index < -0.39 is 5.92 Å². The molecule has 1 aliphatic heterocycles. The number of allylic oxidation sites excluding steroid dienone is 2. The third-order valence-electron chi connectivity index (χ3n) is 7.39. The van der Waals surface area contributed by atoms with Gasteiger partial charge >= 0.3 is 5.97 Å². The molecule has 3 rings (SSSR count). The molecule has 2 amide bonds. The molecule has 0 saturated heterocycles. The minimum absolute atomic E-state index is 0.0634. The molecule has 0 bridgehead atoms. The highest BCUT2D eigenvalue weighted by Gasteiger charge is 2.28. The first-order valence-corrected chi connectivity index (χ1v) is 14.2. The van der Waals surface area contributed by atoms with E-state index in [1.165, 1.54) is 19.3 Å². The van der Waals surface area contributed by atoms with E-state index >= 15 is 0 Å². The fraction of sp³-hybridized carbons (Fsp3) is 0.633. The molecule has 0 radical (unpaired) electrons. The molecule has 1 aliphatic carbocycles. The Morgan fingerprint density at radius 1 is 1.03 bits per heavy atom. The summed E-state index contributed by atoms with van der Waals surface area (Å²) in [5, 5.41) is 14.7. The van der Waals surface area contributed by atoms with Crippen molar-refractivity contribution in [3.8, 4) is 0 Å². The highest BCUT2D eigenvalue weighted by molar-refractivity contribution is 5.86. The zero-order chi connectivity index (χ0) is 27.0. The maximum absolute atomic E-state index is 13.3. The van der Waals surface area contributed by atoms with E-state index in [0.29, 0.717) is 38.3 Å². The van der Waals surface area contributed by atoms with E-state index in [4.69, 9.17) is 14.6 Å². The topological polar surface area (TPSA) is 114 Å². The molecule has 0 unspecified atom stereocenters. The Labute approximate surface area is 226 Å². The van der Waals surface area contributed by atoms with Gasteiger partial charge in [-0.3, -0.25) is 14.4 Å². The van der Waals surface area contributed by atoms with Crippen LogP contribution >= 0.6 is 0 Å². The Kier molecular flexibility index (Phi) is 13.3. The number of benzene rings is 1. The first-order valence-electron chi connectivity index (χ1n) is 14.2. The van der Waals surface area contributed by atoms with Gasteiger partial charge in [0, 0.05) is 13.0 Å². The van der Waals surface area contributed by atoms with Crippen molar-refractivity contribution in [3.63, 3.8) is 0 Å². The molecule has 38 heavy (non-hydrogen) atoms. The van der Waals surface area contributed by atoms with Crippen molar-refractivity contribution in [2.45, 2.75) is 70.3 Å². The average Bonchev–Trinajstić information content (AvgIpc) is 2.93. The van der Waals surface area contributed by atoms with Crippen molar-refractivity contribution in [1.82, 2.24) is 10.6 Å². The lowest BCUT2D eigenvalue weighted by molar-refractivity contribution is -0.150. The lowest BCUT2D eigenvalue weighted by Gasteiger charge is -2.29. The number of esters is 1. The molecule has 8 heteroatoms. The minimum atomic E-state index is -0.513. The van der Waals surface area contributed by atoms with Crippen LogP contribution in [0.3, 0.4) is 0 Å². The molecule has 1 saturated carbocycles. The van der Waals surface area contributed by atoms with E-state index in [9.17, 15) is 14.4 Å². The van der Waals surface area contributed by atoms with Crippen LogP contribution < -0.4 is 10.6 Å². The second-order valence-corrected chi connectivity index (χ2v) is 10.5. The van der Waals surface area contributed by atoms with Crippen molar-refractivity contribution in [1.29, 1.82) is 0 Å². The predicted molar refractivity (Wildman–Crippen MR) is 145 cm³/mol. The summed E-state index contributed by atoms with van der Waals surface area (Å²) in [6.07, 6.45) is 12.1. The van der Waals surface area contributed by atoms with Gasteiger partial charge in [0.2, 0.25) is 11.8 Å². The largest absolute Gasteiger partial charge is 0.463 e. The number of nitrogens with one attached hydrogen (secondary N) is 2. The van der Waals surface area contributed by atoms with Gasteiger partial charge in [0.1, 0.15) is 6.61 Å². The maximum Gasteiger partial charge on any atom is 0.309 e. The number of aliphatic hydroxyl groups is 1. The molecule has 8 nitrogen and oxygen atoms in total. The lowest BCUT2D eigenvalue weighted by Crippen LogP contribution is -2.44. The second-order valence-electron chi connectivity index (χ2n) is 10.5. The number of hydrogen-bond acceptors (Lipinski definition) is 6. The van der Waals surface area contributed by atoms with Gasteiger partial charge in [-0.15, -0.1) is 0 Å². The zero-order valence-corrected chi connectivity index (χ0v) is 22.4. The summed E-state index contributed by atoms with van der Waals surface area (Å²) < 4.78 is 11.0. The van der Waals surface area contributed by atoms with Crippen molar-refractivity contribution in [2.24, 2.45) is 17.8 Å². The molecule has 0 spiro atoms. The summed E-state index contributed by atoms with van der Waals surface area (Å²) in [7, 11) is 0. The summed E-state index contributed by atoms with van der Waals surface area (Å²) in [5.41, 5.74) is 1.08. The molecule has 1 aromatic carbocycles. The van der Waals surface area contributed by atoms with Gasteiger partial charge in [-0.2, -0.15) is 0 Å². The number of cyclic esters (lactones) is 1. The monoisotopic (exact) mass is 528 g/mol. The van der Waals surface area contributed by atoms with Crippen LogP contribution in [0.4, 0.5) is 0 Å². The van der Waals surface area contributed by atoms with Gasteiger partial charge in [0.05, 0.1) is 37.7 Å². The standard InChI is InChI=1S/C30H44N2O6/c33-16-18-37-17-15-31-28(34)21-25-13-7-8-14-26(19-23-9-3-1-4-10-23)30(36)38-22-27(32-29(25)35)20-24-11-5-2-6-12-24/h1,3-4,7-10,24-27,33H,2,5-6,11-22H2,(H,31,34)(H,32,35)/t25-,26+,27+/m1/s1. The molecule has 1 heterocycles. The summed E-state index contributed by atoms with van der Waals surface area (Å²) >= 11 is 0. The lowest BCUT2D eigenvalue weighted by atomic mass is 9.84. The third-order valence-corrected chi connectivity index (χ3v) is 7.39. The normalized spacial score (nSPS) is 23.6. The van der Waals surface area contributed by atoms with E-state index in [0.717, 1.165) is 24.8 Å². The number of hydrogen-bond donors (Lipinski definition) is 3. The Balaban J connectivity index is 1.68. The van der Waals surface area contributed by atoms with Crippen molar-refractivity contribution >= 4 is 17.8 Å². The smallest absolute Gasteiger partial charge is 0.309 e. The van der Waals surface area contributed by atoms with Crippen LogP contribution in [0.1, 0.15) is 63.4 Å². The molecule has 0 aromatic heterocycles. The van der Waals surface area contributed by atoms with E-state index in [-0.39, 0.29) is 56.0 Å². The molecule has 1 fully saturated rings. The van der Waals surface area contributed by atoms with Crippen LogP contribution in [-0.4, -0.2) is 61.9 Å². The number of carbonyl (C=O) groups is 3. The summed E-state index contributed by atoms with van der Waals surface area (Å²) in [5.74, 6) is -0.946. The quantitative estimate of drug-likeness (QED) is 0.231. The summed E-state index contributed by atoms with van der Waals surface area (Å²) in [6, 6.07) is 9.66. The molecular weight excluding hydrogens is 484 g/mol. The second kappa shape index (κ2) is 17.0. The van der Waals surface area contributed by atoms with Crippen LogP contribution in [0.15, 0.2) is 42.5 Å². The number of carbonyl (C=O) groups excluding carboxylic acids is 3. The SMILES string of the molecule is O=C(C[C@H]1CC=CC[C@@H](Cc2ccccc2)C(=O)OC[C@H](CC2CCCCC2)NC1=O)NCCOCCO. The predicted octanol–water partition coefficient (Wildman–Crippen LogP) is 3.33. The molecule has 1 aromatic rings. The number of aliphatic hydroxyl groups excluding tert-OH is 1. The number of ether oxygens (including phenoxy) is 2.